The van der Waals surface area contributed by atoms with E-state index >= 15 is 0 Å². The zero-order valence-electron chi connectivity index (χ0n) is 8.10. The van der Waals surface area contributed by atoms with Crippen molar-refractivity contribution in [1.29, 1.82) is 0 Å². The summed E-state index contributed by atoms with van der Waals surface area (Å²) in [6.45, 7) is 0. The van der Waals surface area contributed by atoms with E-state index in [1.165, 1.54) is 0 Å². The minimum atomic E-state index is -0.853. The molecule has 3 heteroatoms. The first kappa shape index (κ1) is 11.3. The molecule has 1 aromatic carbocycles. The van der Waals surface area contributed by atoms with Gasteiger partial charge in [-0.05, 0) is 6.42 Å². The summed E-state index contributed by atoms with van der Waals surface area (Å²) in [6, 6.07) is 8.51. The molecule has 0 heterocycles. The molecule has 0 saturated carbocycles. The highest BCUT2D eigenvalue weighted by atomic mass is 16.1. The van der Waals surface area contributed by atoms with Gasteiger partial charge in [0.2, 0.25) is 6.29 Å². The smallest absolute Gasteiger partial charge is 0.209 e. The van der Waals surface area contributed by atoms with Crippen molar-refractivity contribution in [3.63, 3.8) is 0 Å². The molecule has 0 aliphatic heterocycles. The molecule has 1 unspecified atom stereocenters. The van der Waals surface area contributed by atoms with Crippen LogP contribution in [-0.2, 0) is 9.59 Å². The first-order valence-electron chi connectivity index (χ1n) is 4.61. The molecule has 0 saturated heterocycles. The van der Waals surface area contributed by atoms with E-state index in [9.17, 15) is 14.4 Å². The summed E-state index contributed by atoms with van der Waals surface area (Å²) < 4.78 is 0. The Morgan fingerprint density at radius 3 is 2.40 bits per heavy atom. The van der Waals surface area contributed by atoms with E-state index in [1.54, 1.807) is 42.9 Å². The fourth-order valence-corrected chi connectivity index (χ4v) is 1.25. The standard InChI is InChI=1S/C12H10O3/c13-8-4-7-11(9-14)12(15)10-5-2-1-3-6-10/h1-3,5-6,11H,4,7H2. The molecule has 0 fully saturated rings. The van der Waals surface area contributed by atoms with Crippen LogP contribution in [0.3, 0.4) is 0 Å². The number of hydrogen-bond acceptors (Lipinski definition) is 3. The van der Waals surface area contributed by atoms with E-state index in [-0.39, 0.29) is 18.6 Å². The zero-order chi connectivity index (χ0) is 11.1. The molecule has 76 valence electrons. The second kappa shape index (κ2) is 5.86. The third kappa shape index (κ3) is 3.13. The number of ketones is 1. The van der Waals surface area contributed by atoms with Crippen molar-refractivity contribution in [2.45, 2.75) is 12.8 Å². The van der Waals surface area contributed by atoms with Gasteiger partial charge in [-0.1, -0.05) is 30.3 Å². The van der Waals surface area contributed by atoms with Gasteiger partial charge in [0.1, 0.15) is 0 Å². The van der Waals surface area contributed by atoms with Crippen LogP contribution >= 0.6 is 0 Å². The molecular weight excluding hydrogens is 192 g/mol. The average Bonchev–Trinajstić information content (AvgIpc) is 2.31. The fourth-order valence-electron chi connectivity index (χ4n) is 1.25. The Hall–Kier alpha value is -1.77. The van der Waals surface area contributed by atoms with Gasteiger partial charge in [-0.2, -0.15) is 0 Å². The second-order valence-electron chi connectivity index (χ2n) is 3.08. The van der Waals surface area contributed by atoms with Crippen molar-refractivity contribution < 1.29 is 14.4 Å². The predicted molar refractivity (Wildman–Crippen MR) is 54.9 cm³/mol. The molecule has 0 spiro atoms. The number of benzene rings is 1. The Labute approximate surface area is 88.1 Å². The maximum atomic E-state index is 11.7. The van der Waals surface area contributed by atoms with Crippen molar-refractivity contribution >= 4 is 18.4 Å². The molecule has 0 aliphatic carbocycles. The molecule has 0 amide bonds. The Kier molecular flexibility index (Phi) is 4.41. The fraction of sp³-hybridized carbons (Fsp3) is 0.250. The topological polar surface area (TPSA) is 51.2 Å². The lowest BCUT2D eigenvalue weighted by molar-refractivity contribution is 0.0949. The Bertz CT molecular complexity index is 343. The number of hydrogen-bond donors (Lipinski definition) is 0. The van der Waals surface area contributed by atoms with Crippen LogP contribution in [0.1, 0.15) is 23.2 Å². The van der Waals surface area contributed by atoms with Crippen molar-refractivity contribution in [2.75, 3.05) is 0 Å². The van der Waals surface area contributed by atoms with E-state index in [1.807, 2.05) is 0 Å². The van der Waals surface area contributed by atoms with Crippen LogP contribution in [0, 0.1) is 5.92 Å². The van der Waals surface area contributed by atoms with Crippen LogP contribution < -0.4 is 0 Å². The maximum Gasteiger partial charge on any atom is 0.209 e. The summed E-state index contributed by atoms with van der Waals surface area (Å²) >= 11 is 0. The van der Waals surface area contributed by atoms with Gasteiger partial charge in [0, 0.05) is 12.0 Å². The second-order valence-corrected chi connectivity index (χ2v) is 3.08. The summed E-state index contributed by atoms with van der Waals surface area (Å²) in [5.74, 6) is -1.14. The third-order valence-corrected chi connectivity index (χ3v) is 2.05. The summed E-state index contributed by atoms with van der Waals surface area (Å²) in [7, 11) is 0. The summed E-state index contributed by atoms with van der Waals surface area (Å²) in [4.78, 5) is 32.3. The lowest BCUT2D eigenvalue weighted by Gasteiger charge is -2.05. The van der Waals surface area contributed by atoms with E-state index in [2.05, 4.69) is 0 Å². The lowest BCUT2D eigenvalue weighted by atomic mass is 9.95. The lowest BCUT2D eigenvalue weighted by Crippen LogP contribution is -2.16. The highest BCUT2D eigenvalue weighted by Gasteiger charge is 2.19. The van der Waals surface area contributed by atoms with Gasteiger partial charge in [0.25, 0.3) is 0 Å². The molecule has 2 radical (unpaired) electrons. The Morgan fingerprint density at radius 1 is 1.20 bits per heavy atom. The molecule has 15 heavy (non-hydrogen) atoms. The predicted octanol–water partition coefficient (Wildman–Crippen LogP) is 1.49. The highest BCUT2D eigenvalue weighted by molar-refractivity contribution is 6.05. The van der Waals surface area contributed by atoms with Crippen LogP contribution in [0.2, 0.25) is 0 Å². The van der Waals surface area contributed by atoms with E-state index < -0.39 is 5.92 Å². The van der Waals surface area contributed by atoms with Gasteiger partial charge in [0.15, 0.2) is 12.1 Å². The van der Waals surface area contributed by atoms with Crippen LogP contribution in [-0.4, -0.2) is 18.4 Å². The van der Waals surface area contributed by atoms with Gasteiger partial charge in [-0.15, -0.1) is 0 Å². The molecule has 1 aromatic rings. The highest BCUT2D eigenvalue weighted by Crippen LogP contribution is 2.11. The van der Waals surface area contributed by atoms with E-state index in [0.717, 1.165) is 0 Å². The molecule has 0 aliphatic rings. The van der Waals surface area contributed by atoms with Crippen LogP contribution in [0.4, 0.5) is 0 Å². The van der Waals surface area contributed by atoms with Gasteiger partial charge >= 0.3 is 0 Å². The zero-order valence-corrected chi connectivity index (χ0v) is 8.10. The van der Waals surface area contributed by atoms with Crippen molar-refractivity contribution in [1.82, 2.24) is 0 Å². The summed E-state index contributed by atoms with van der Waals surface area (Å²) in [5.41, 5.74) is 0.469. The largest absolute Gasteiger partial charge is 0.293 e. The first-order valence-corrected chi connectivity index (χ1v) is 4.61. The first-order chi connectivity index (χ1) is 7.29. The molecule has 1 rings (SSSR count). The number of Topliss-reactive ketones (excluding diaryl/α,β-unsaturated/α-hetero) is 1. The van der Waals surface area contributed by atoms with Crippen molar-refractivity contribution in [3.05, 3.63) is 35.9 Å². The van der Waals surface area contributed by atoms with Crippen LogP contribution in [0.5, 0.6) is 0 Å². The number of rotatable bonds is 6. The minimum absolute atomic E-state index is 0.0818. The van der Waals surface area contributed by atoms with E-state index in [0.29, 0.717) is 5.56 Å². The van der Waals surface area contributed by atoms with Crippen molar-refractivity contribution in [2.24, 2.45) is 5.92 Å². The SMILES string of the molecule is O=[C]CCC([C]=O)C(=O)c1ccccc1. The average molecular weight is 202 g/mol. The van der Waals surface area contributed by atoms with Gasteiger partial charge in [0.05, 0.1) is 5.92 Å². The quantitative estimate of drug-likeness (QED) is 0.518. The number of carbonyl (C=O) groups excluding carboxylic acids is 3. The van der Waals surface area contributed by atoms with Gasteiger partial charge in [-0.3, -0.25) is 14.4 Å². The summed E-state index contributed by atoms with van der Waals surface area (Å²) in [6.07, 6.45) is 3.58. The minimum Gasteiger partial charge on any atom is -0.293 e. The Balaban J connectivity index is 2.73. The van der Waals surface area contributed by atoms with E-state index in [4.69, 9.17) is 0 Å². The maximum absolute atomic E-state index is 11.7. The third-order valence-electron chi connectivity index (χ3n) is 2.05. The van der Waals surface area contributed by atoms with Gasteiger partial charge < -0.3 is 0 Å². The molecule has 1 atom stereocenters. The molecule has 0 bridgehead atoms. The molecule has 0 N–H and O–H groups in total. The Morgan fingerprint density at radius 2 is 1.87 bits per heavy atom. The van der Waals surface area contributed by atoms with Crippen molar-refractivity contribution in [3.8, 4) is 0 Å². The van der Waals surface area contributed by atoms with Gasteiger partial charge in [-0.25, -0.2) is 0 Å². The van der Waals surface area contributed by atoms with Crippen LogP contribution in [0.25, 0.3) is 0 Å². The normalized spacial score (nSPS) is 11.7. The molecule has 3 nitrogen and oxygen atoms in total. The monoisotopic (exact) mass is 202 g/mol. The van der Waals surface area contributed by atoms with Crippen LogP contribution in [0.15, 0.2) is 30.3 Å². The molecular formula is C12H10O3. The summed E-state index contributed by atoms with van der Waals surface area (Å²) in [5, 5.41) is 0. The number of carbonyl (C=O) groups is 1. The molecule has 0 aromatic heterocycles.